The second-order valence-corrected chi connectivity index (χ2v) is 17.1. The Balaban J connectivity index is 1.65. The Morgan fingerprint density at radius 2 is 0.765 bits per heavy atom. The molecular weight excluding hydrogens is 871 g/mol. The molecule has 0 amide bonds. The number of hydrogen-bond acceptors (Lipinski definition) is 15. The Hall–Kier alpha value is -6.12. The molecule has 4 aromatic rings. The molecule has 0 radical (unpaired) electrons. The van der Waals surface area contributed by atoms with Crippen LogP contribution in [0.2, 0.25) is 0 Å². The summed E-state index contributed by atoms with van der Waals surface area (Å²) in [7, 11) is 0. The first-order valence-corrected chi connectivity index (χ1v) is 24.4. The molecule has 3 N–H and O–H groups in total. The van der Waals surface area contributed by atoms with Gasteiger partial charge in [-0.25, -0.2) is 15.0 Å². The fourth-order valence-electron chi connectivity index (χ4n) is 7.70. The third-order valence-electron chi connectivity index (χ3n) is 12.3. The number of benzene rings is 3. The average molecular weight is 944 g/mol. The number of phenolic OH excluding ortho intramolecular Hbond substituents is 3. The van der Waals surface area contributed by atoms with Crippen LogP contribution in [0, 0.1) is 38.5 Å². The minimum Gasteiger partial charge on any atom is -0.507 e. The molecule has 0 fully saturated rings. The molecule has 0 bridgehead atoms. The largest absolute Gasteiger partial charge is 0.507 e. The first kappa shape index (κ1) is 54.5. The molecule has 4 rings (SSSR count). The molecule has 3 unspecified atom stereocenters. The van der Waals surface area contributed by atoms with Crippen LogP contribution in [0.4, 0.5) is 0 Å². The Bertz CT molecular complexity index is 2170. The van der Waals surface area contributed by atoms with Crippen LogP contribution in [0.5, 0.6) is 34.5 Å². The Labute approximate surface area is 401 Å². The second-order valence-electron chi connectivity index (χ2n) is 17.1. The van der Waals surface area contributed by atoms with E-state index in [2.05, 4.69) is 20.8 Å². The molecule has 1 heterocycles. The van der Waals surface area contributed by atoms with Gasteiger partial charge >= 0.3 is 17.9 Å². The highest BCUT2D eigenvalue weighted by atomic mass is 16.7. The lowest BCUT2D eigenvalue weighted by molar-refractivity contribution is -0.155. The Morgan fingerprint density at radius 1 is 0.456 bits per heavy atom. The first-order chi connectivity index (χ1) is 32.7. The molecule has 3 aromatic carbocycles. The van der Waals surface area contributed by atoms with Gasteiger partial charge in [0.25, 0.3) is 0 Å². The zero-order valence-corrected chi connectivity index (χ0v) is 41.6. The van der Waals surface area contributed by atoms with E-state index < -0.39 is 0 Å². The third kappa shape index (κ3) is 14.7. The van der Waals surface area contributed by atoms with Crippen molar-refractivity contribution in [3.05, 3.63) is 53.1 Å². The lowest BCUT2D eigenvalue weighted by Gasteiger charge is -2.17. The minimum absolute atomic E-state index is 0.0114. The van der Waals surface area contributed by atoms with Gasteiger partial charge in [0.1, 0.15) is 60.9 Å². The van der Waals surface area contributed by atoms with Crippen molar-refractivity contribution in [2.75, 3.05) is 33.2 Å². The number of nitrogens with zero attached hydrogens (tertiary/aromatic N) is 3. The molecule has 0 aliphatic rings. The highest BCUT2D eigenvalue weighted by Crippen LogP contribution is 2.42. The number of ether oxygens (including phenoxy) is 6. The number of aromatic nitrogens is 3. The molecule has 0 saturated carbocycles. The smallest absolute Gasteiger partial charge is 0.311 e. The number of aromatic hydroxyl groups is 3. The maximum Gasteiger partial charge on any atom is 0.311 e. The molecule has 3 atom stereocenters. The summed E-state index contributed by atoms with van der Waals surface area (Å²) in [6.45, 7) is 17.0. The maximum absolute atomic E-state index is 12.7. The van der Waals surface area contributed by atoms with Gasteiger partial charge in [0.2, 0.25) is 6.79 Å². The van der Waals surface area contributed by atoms with Crippen molar-refractivity contribution >= 4 is 17.9 Å². The monoisotopic (exact) mass is 944 g/mol. The number of unbranched alkanes of at least 4 members (excludes halogenated alkanes) is 3. The average Bonchev–Trinajstić information content (AvgIpc) is 3.33. The van der Waals surface area contributed by atoms with Crippen molar-refractivity contribution in [1.29, 1.82) is 0 Å². The molecule has 1 aromatic heterocycles. The number of rotatable bonds is 29. The van der Waals surface area contributed by atoms with E-state index in [4.69, 9.17) is 43.4 Å². The van der Waals surface area contributed by atoms with Crippen molar-refractivity contribution in [2.45, 2.75) is 139 Å². The predicted octanol–water partition coefficient (Wildman–Crippen LogP) is 11.3. The zero-order valence-electron chi connectivity index (χ0n) is 41.6. The molecule has 0 aliphatic heterocycles. The molecule has 15 heteroatoms. The van der Waals surface area contributed by atoms with Gasteiger partial charge in [0, 0.05) is 16.7 Å². The van der Waals surface area contributed by atoms with E-state index in [1.165, 1.54) is 0 Å². The standard InChI is InChI=1S/C53H73N3O12/c1-10-16-19-36(13-4)51(60)65-30-28-63-42-25-22-39(45(57)33(42)7)48-54-49(40-23-26-43(34(8)46(40)58)64-29-31-66-52(61)37(14-5)20-17-11-2)56-50(55-48)41-24-27-44(35(9)47(41)59)67-32-68-53(62)38(15-6)21-18-12-3/h22-27,36-38,57-59H,10-21,28-32H2,1-9H3. The van der Waals surface area contributed by atoms with Crippen LogP contribution >= 0.6 is 0 Å². The molecule has 68 heavy (non-hydrogen) atoms. The van der Waals surface area contributed by atoms with E-state index in [9.17, 15) is 29.7 Å². The summed E-state index contributed by atoms with van der Waals surface area (Å²) in [6, 6.07) is 9.63. The maximum atomic E-state index is 12.7. The molecular formula is C53H73N3O12. The van der Waals surface area contributed by atoms with Crippen LogP contribution in [-0.4, -0.2) is 81.4 Å². The van der Waals surface area contributed by atoms with Gasteiger partial charge in [-0.3, -0.25) is 14.4 Å². The van der Waals surface area contributed by atoms with Gasteiger partial charge in [0.15, 0.2) is 17.5 Å². The van der Waals surface area contributed by atoms with Gasteiger partial charge in [-0.15, -0.1) is 0 Å². The Kier molecular flexibility index (Phi) is 22.1. The summed E-state index contributed by atoms with van der Waals surface area (Å²) >= 11 is 0. The molecule has 0 spiro atoms. The molecule has 15 nitrogen and oxygen atoms in total. The first-order valence-electron chi connectivity index (χ1n) is 24.4. The van der Waals surface area contributed by atoms with E-state index >= 15 is 0 Å². The predicted molar refractivity (Wildman–Crippen MR) is 260 cm³/mol. The van der Waals surface area contributed by atoms with E-state index in [1.54, 1.807) is 57.2 Å². The van der Waals surface area contributed by atoms with E-state index in [0.29, 0.717) is 47.5 Å². The number of carbonyl (C=O) groups is 3. The zero-order chi connectivity index (χ0) is 49.8. The molecule has 0 saturated heterocycles. The van der Waals surface area contributed by atoms with Gasteiger partial charge in [0.05, 0.1) is 34.4 Å². The summed E-state index contributed by atoms with van der Waals surface area (Å²) in [5.74, 6) is -0.945. The normalized spacial score (nSPS) is 12.5. The third-order valence-corrected chi connectivity index (χ3v) is 12.3. The van der Waals surface area contributed by atoms with Crippen LogP contribution in [0.15, 0.2) is 36.4 Å². The summed E-state index contributed by atoms with van der Waals surface area (Å²) in [6.07, 6.45) is 10.1. The number of carbonyl (C=O) groups excluding carboxylic acids is 3. The lowest BCUT2D eigenvalue weighted by atomic mass is 10.00. The SMILES string of the molecule is CCCCC(CC)C(=O)OCCOc1ccc(-c2nc(-c3ccc(OCCOC(=O)C(CC)CCCC)c(C)c3O)nc(-c3ccc(OCOC(=O)C(CC)CCCC)c(C)c3O)n2)c(O)c1C. The van der Waals surface area contributed by atoms with Gasteiger partial charge in [-0.1, -0.05) is 80.1 Å². The number of hydrogen-bond donors (Lipinski definition) is 3. The van der Waals surface area contributed by atoms with E-state index in [-0.39, 0.29) is 126 Å². The van der Waals surface area contributed by atoms with Crippen molar-refractivity contribution in [3.8, 4) is 68.7 Å². The topological polar surface area (TPSA) is 206 Å². The molecule has 0 aliphatic carbocycles. The van der Waals surface area contributed by atoms with Crippen LogP contribution < -0.4 is 14.2 Å². The summed E-state index contributed by atoms with van der Waals surface area (Å²) in [5, 5.41) is 34.9. The van der Waals surface area contributed by atoms with Gasteiger partial charge < -0.3 is 43.7 Å². The van der Waals surface area contributed by atoms with Crippen molar-refractivity contribution in [2.24, 2.45) is 17.8 Å². The highest BCUT2D eigenvalue weighted by Gasteiger charge is 2.24. The van der Waals surface area contributed by atoms with Gasteiger partial charge in [-0.2, -0.15) is 0 Å². The van der Waals surface area contributed by atoms with Gasteiger partial charge in [-0.05, 0) is 95.7 Å². The summed E-state index contributed by atoms with van der Waals surface area (Å²) in [4.78, 5) is 52.1. The summed E-state index contributed by atoms with van der Waals surface area (Å²) in [5.41, 5.74) is 1.69. The minimum atomic E-state index is -0.342. The van der Waals surface area contributed by atoms with Crippen molar-refractivity contribution < 1.29 is 58.1 Å². The fourth-order valence-corrected chi connectivity index (χ4v) is 7.70. The number of esters is 3. The quantitative estimate of drug-likeness (QED) is 0.0200. The lowest BCUT2D eigenvalue weighted by Crippen LogP contribution is -2.20. The Morgan fingerprint density at radius 3 is 1.07 bits per heavy atom. The van der Waals surface area contributed by atoms with Crippen LogP contribution in [-0.2, 0) is 28.6 Å². The molecule has 372 valence electrons. The number of phenols is 3. The van der Waals surface area contributed by atoms with Crippen LogP contribution in [0.25, 0.3) is 34.2 Å². The van der Waals surface area contributed by atoms with E-state index in [1.807, 2.05) is 20.8 Å². The second kappa shape index (κ2) is 27.6. The van der Waals surface area contributed by atoms with Crippen LogP contribution in [0.3, 0.4) is 0 Å². The fraction of sp³-hybridized carbons (Fsp3) is 0.547. The van der Waals surface area contributed by atoms with Crippen molar-refractivity contribution in [3.63, 3.8) is 0 Å². The van der Waals surface area contributed by atoms with E-state index in [0.717, 1.165) is 57.8 Å². The highest BCUT2D eigenvalue weighted by molar-refractivity contribution is 5.77. The van der Waals surface area contributed by atoms with Crippen LogP contribution in [0.1, 0.15) is 135 Å². The van der Waals surface area contributed by atoms with Crippen molar-refractivity contribution in [1.82, 2.24) is 15.0 Å². The summed E-state index contributed by atoms with van der Waals surface area (Å²) < 4.78 is 34.1.